The molecule has 0 unspecified atom stereocenters. The molecule has 2 N–H and O–H groups in total. The van der Waals surface area contributed by atoms with E-state index in [1.165, 1.54) is 11.1 Å². The van der Waals surface area contributed by atoms with Crippen molar-refractivity contribution in [2.24, 2.45) is 0 Å². The first-order valence-electron chi connectivity index (χ1n) is 5.54. The van der Waals surface area contributed by atoms with Crippen molar-refractivity contribution in [2.45, 2.75) is 26.4 Å². The van der Waals surface area contributed by atoms with Crippen LogP contribution >= 0.6 is 0 Å². The number of H-pyrrole nitrogens is 1. The molecule has 0 aliphatic carbocycles. The van der Waals surface area contributed by atoms with E-state index in [2.05, 4.69) is 53.4 Å². The summed E-state index contributed by atoms with van der Waals surface area (Å²) in [6.45, 7) is 5.08. The zero-order valence-electron chi connectivity index (χ0n) is 9.70. The molecule has 0 fully saturated rings. The quantitative estimate of drug-likeness (QED) is 0.823. The lowest BCUT2D eigenvalue weighted by molar-refractivity contribution is 0.559. The summed E-state index contributed by atoms with van der Waals surface area (Å²) in [6, 6.07) is 8.78. The Morgan fingerprint density at radius 1 is 1.38 bits per heavy atom. The van der Waals surface area contributed by atoms with E-state index in [0.29, 0.717) is 6.04 Å². The lowest BCUT2D eigenvalue weighted by atomic mass is 10.0. The largest absolute Gasteiger partial charge is 0.348 e. The zero-order valence-corrected chi connectivity index (χ0v) is 9.70. The van der Waals surface area contributed by atoms with Crippen molar-refractivity contribution in [1.29, 1.82) is 0 Å². The number of aromatic amines is 1. The molecule has 0 spiro atoms. The van der Waals surface area contributed by atoms with Gasteiger partial charge in [0.05, 0.1) is 6.54 Å². The van der Waals surface area contributed by atoms with Crippen molar-refractivity contribution in [3.05, 3.63) is 53.6 Å². The molecule has 1 atom stereocenters. The van der Waals surface area contributed by atoms with Crippen molar-refractivity contribution in [3.63, 3.8) is 0 Å². The monoisotopic (exact) mass is 215 g/mol. The van der Waals surface area contributed by atoms with Crippen LogP contribution in [0.25, 0.3) is 0 Å². The molecule has 2 aromatic rings. The molecule has 0 aliphatic rings. The van der Waals surface area contributed by atoms with Crippen LogP contribution in [0.5, 0.6) is 0 Å². The van der Waals surface area contributed by atoms with Crippen LogP contribution in [0.3, 0.4) is 0 Å². The number of benzene rings is 1. The second-order valence-corrected chi connectivity index (χ2v) is 4.00. The Morgan fingerprint density at radius 2 is 2.19 bits per heavy atom. The van der Waals surface area contributed by atoms with E-state index in [1.54, 1.807) is 6.20 Å². The molecular weight excluding hydrogens is 198 g/mol. The van der Waals surface area contributed by atoms with Gasteiger partial charge in [-0.25, -0.2) is 4.98 Å². The summed E-state index contributed by atoms with van der Waals surface area (Å²) < 4.78 is 0. The summed E-state index contributed by atoms with van der Waals surface area (Å²) in [5.41, 5.74) is 2.66. The Balaban J connectivity index is 1.98. The van der Waals surface area contributed by atoms with E-state index in [4.69, 9.17) is 0 Å². The summed E-state index contributed by atoms with van der Waals surface area (Å²) in [7, 11) is 0. The summed E-state index contributed by atoms with van der Waals surface area (Å²) in [5, 5.41) is 3.45. The van der Waals surface area contributed by atoms with Crippen LogP contribution in [-0.2, 0) is 6.54 Å². The molecule has 0 bridgehead atoms. The first kappa shape index (κ1) is 10.9. The van der Waals surface area contributed by atoms with Crippen LogP contribution in [0.15, 0.2) is 36.7 Å². The van der Waals surface area contributed by atoms with Gasteiger partial charge in [-0.15, -0.1) is 0 Å². The van der Waals surface area contributed by atoms with E-state index in [9.17, 15) is 0 Å². The van der Waals surface area contributed by atoms with Gasteiger partial charge in [-0.1, -0.05) is 24.3 Å². The Hall–Kier alpha value is -1.61. The van der Waals surface area contributed by atoms with Crippen LogP contribution in [0, 0.1) is 6.92 Å². The van der Waals surface area contributed by atoms with E-state index in [0.717, 1.165) is 12.4 Å². The molecule has 84 valence electrons. The Morgan fingerprint density at radius 3 is 2.88 bits per heavy atom. The number of nitrogens with zero attached hydrogens (tertiary/aromatic N) is 1. The maximum atomic E-state index is 4.19. The van der Waals surface area contributed by atoms with Gasteiger partial charge in [0.25, 0.3) is 0 Å². The number of hydrogen-bond donors (Lipinski definition) is 2. The Labute approximate surface area is 95.9 Å². The summed E-state index contributed by atoms with van der Waals surface area (Å²) in [6.07, 6.45) is 3.62. The minimum Gasteiger partial charge on any atom is -0.348 e. The van der Waals surface area contributed by atoms with Gasteiger partial charge in [0.15, 0.2) is 0 Å². The first-order chi connectivity index (χ1) is 7.77. The Kier molecular flexibility index (Phi) is 3.37. The third kappa shape index (κ3) is 2.49. The van der Waals surface area contributed by atoms with E-state index in [-0.39, 0.29) is 0 Å². The lowest BCUT2D eigenvalue weighted by Gasteiger charge is -2.15. The fourth-order valence-electron chi connectivity index (χ4n) is 1.83. The maximum Gasteiger partial charge on any atom is 0.120 e. The summed E-state index contributed by atoms with van der Waals surface area (Å²) >= 11 is 0. The number of imidazole rings is 1. The number of aromatic nitrogens is 2. The number of rotatable bonds is 4. The molecule has 0 aliphatic heterocycles. The van der Waals surface area contributed by atoms with Gasteiger partial charge >= 0.3 is 0 Å². The average molecular weight is 215 g/mol. The minimum atomic E-state index is 0.339. The Bertz CT molecular complexity index is 434. The molecular formula is C13H17N3. The average Bonchev–Trinajstić information content (AvgIpc) is 2.79. The molecule has 3 heteroatoms. The number of aryl methyl sites for hydroxylation is 1. The highest BCUT2D eigenvalue weighted by atomic mass is 15.0. The molecule has 1 aromatic heterocycles. The SMILES string of the molecule is Cc1ccccc1[C@@H](C)NCc1ncc[nH]1. The van der Waals surface area contributed by atoms with Crippen molar-refractivity contribution in [3.8, 4) is 0 Å². The van der Waals surface area contributed by atoms with Crippen LogP contribution in [0.2, 0.25) is 0 Å². The number of hydrogen-bond acceptors (Lipinski definition) is 2. The van der Waals surface area contributed by atoms with Crippen LogP contribution in [0.4, 0.5) is 0 Å². The fraction of sp³-hybridized carbons (Fsp3) is 0.308. The lowest BCUT2D eigenvalue weighted by Crippen LogP contribution is -2.19. The molecule has 2 rings (SSSR count). The molecule has 16 heavy (non-hydrogen) atoms. The summed E-state index contributed by atoms with van der Waals surface area (Å²) in [5.74, 6) is 0.973. The molecule has 0 amide bonds. The molecule has 3 nitrogen and oxygen atoms in total. The maximum absolute atomic E-state index is 4.19. The van der Waals surface area contributed by atoms with E-state index < -0.39 is 0 Å². The fourth-order valence-corrected chi connectivity index (χ4v) is 1.83. The van der Waals surface area contributed by atoms with Gasteiger partial charge in [0, 0.05) is 18.4 Å². The highest BCUT2D eigenvalue weighted by Crippen LogP contribution is 2.16. The zero-order chi connectivity index (χ0) is 11.4. The van der Waals surface area contributed by atoms with Gasteiger partial charge in [-0.2, -0.15) is 0 Å². The number of nitrogens with one attached hydrogen (secondary N) is 2. The highest BCUT2D eigenvalue weighted by molar-refractivity contribution is 5.28. The van der Waals surface area contributed by atoms with Gasteiger partial charge in [0.1, 0.15) is 5.82 Å². The predicted octanol–water partition coefficient (Wildman–Crippen LogP) is 2.57. The standard InChI is InChI=1S/C13H17N3/c1-10-5-3-4-6-12(10)11(2)16-9-13-14-7-8-15-13/h3-8,11,16H,9H2,1-2H3,(H,14,15)/t11-/m1/s1. The first-order valence-corrected chi connectivity index (χ1v) is 5.54. The predicted molar refractivity (Wildman–Crippen MR) is 65.0 cm³/mol. The molecule has 0 radical (unpaired) electrons. The third-order valence-corrected chi connectivity index (χ3v) is 2.79. The third-order valence-electron chi connectivity index (χ3n) is 2.79. The van der Waals surface area contributed by atoms with Crippen molar-refractivity contribution < 1.29 is 0 Å². The minimum absolute atomic E-state index is 0.339. The van der Waals surface area contributed by atoms with Gasteiger partial charge in [0.2, 0.25) is 0 Å². The second-order valence-electron chi connectivity index (χ2n) is 4.00. The molecule has 0 saturated carbocycles. The van der Waals surface area contributed by atoms with Gasteiger partial charge in [-0.3, -0.25) is 0 Å². The second kappa shape index (κ2) is 4.94. The smallest absolute Gasteiger partial charge is 0.120 e. The molecule has 1 heterocycles. The van der Waals surface area contributed by atoms with Crippen LogP contribution in [-0.4, -0.2) is 9.97 Å². The van der Waals surface area contributed by atoms with Crippen LogP contribution < -0.4 is 5.32 Å². The highest BCUT2D eigenvalue weighted by Gasteiger charge is 2.07. The van der Waals surface area contributed by atoms with Gasteiger partial charge in [-0.05, 0) is 25.0 Å². The van der Waals surface area contributed by atoms with Crippen molar-refractivity contribution in [2.75, 3.05) is 0 Å². The van der Waals surface area contributed by atoms with Crippen LogP contribution in [0.1, 0.15) is 29.9 Å². The molecule has 0 saturated heterocycles. The molecule has 1 aromatic carbocycles. The normalized spacial score (nSPS) is 12.6. The van der Waals surface area contributed by atoms with E-state index in [1.807, 2.05) is 6.20 Å². The van der Waals surface area contributed by atoms with Crippen molar-refractivity contribution in [1.82, 2.24) is 15.3 Å². The van der Waals surface area contributed by atoms with Gasteiger partial charge < -0.3 is 10.3 Å². The van der Waals surface area contributed by atoms with Crippen molar-refractivity contribution >= 4 is 0 Å². The van der Waals surface area contributed by atoms with E-state index >= 15 is 0 Å². The topological polar surface area (TPSA) is 40.7 Å². The summed E-state index contributed by atoms with van der Waals surface area (Å²) in [4.78, 5) is 7.27.